The van der Waals surface area contributed by atoms with Crippen molar-refractivity contribution in [1.29, 1.82) is 0 Å². The van der Waals surface area contributed by atoms with E-state index in [2.05, 4.69) is 46.1 Å². The molecule has 3 atom stereocenters. The Morgan fingerprint density at radius 3 is 2.52 bits per heavy atom. The van der Waals surface area contributed by atoms with Gasteiger partial charge in [-0.2, -0.15) is 0 Å². The fourth-order valence-corrected chi connectivity index (χ4v) is 4.40. The average Bonchev–Trinajstić information content (AvgIpc) is 2.41. The predicted molar refractivity (Wildman–Crippen MR) is 100 cm³/mol. The molecular weight excluding hydrogens is 326 g/mol. The lowest BCUT2D eigenvalue weighted by molar-refractivity contribution is -0.142. The van der Waals surface area contributed by atoms with Crippen LogP contribution in [0.2, 0.25) is 13.1 Å². The minimum Gasteiger partial charge on any atom is -0.420 e. The van der Waals surface area contributed by atoms with Crippen LogP contribution in [0.15, 0.2) is 0 Å². The van der Waals surface area contributed by atoms with Crippen molar-refractivity contribution in [2.24, 2.45) is 17.3 Å². The molecule has 134 valence electrons. The van der Waals surface area contributed by atoms with Gasteiger partial charge in [0.2, 0.25) is 5.91 Å². The molecule has 0 radical (unpaired) electrons. The molecule has 0 bridgehead atoms. The van der Waals surface area contributed by atoms with E-state index in [1.807, 2.05) is 0 Å². The van der Waals surface area contributed by atoms with Crippen LogP contribution >= 0.6 is 11.8 Å². The van der Waals surface area contributed by atoms with Crippen LogP contribution in [-0.2, 0) is 14.0 Å². The highest BCUT2D eigenvalue weighted by molar-refractivity contribution is 8.13. The molecule has 1 aliphatic rings. The van der Waals surface area contributed by atoms with E-state index >= 15 is 0 Å². The summed E-state index contributed by atoms with van der Waals surface area (Å²) >= 11 is 1.40. The Kier molecular flexibility index (Phi) is 8.31. The zero-order valence-electron chi connectivity index (χ0n) is 15.5. The Morgan fingerprint density at radius 1 is 1.39 bits per heavy atom. The van der Waals surface area contributed by atoms with Gasteiger partial charge in [0.05, 0.1) is 5.92 Å². The highest BCUT2D eigenvalue weighted by Gasteiger charge is 2.48. The van der Waals surface area contributed by atoms with E-state index in [1.165, 1.54) is 11.8 Å². The van der Waals surface area contributed by atoms with E-state index in [4.69, 9.17) is 4.43 Å². The van der Waals surface area contributed by atoms with Gasteiger partial charge in [0, 0.05) is 24.8 Å². The van der Waals surface area contributed by atoms with E-state index in [-0.39, 0.29) is 34.3 Å². The molecule has 0 aromatic carbocycles. The van der Waals surface area contributed by atoms with Crippen molar-refractivity contribution in [3.63, 3.8) is 0 Å². The van der Waals surface area contributed by atoms with Crippen molar-refractivity contribution in [1.82, 2.24) is 5.32 Å². The second-order valence-electron chi connectivity index (χ2n) is 7.77. The van der Waals surface area contributed by atoms with Crippen LogP contribution in [0.1, 0.15) is 47.0 Å². The van der Waals surface area contributed by atoms with Crippen molar-refractivity contribution in [3.8, 4) is 0 Å². The summed E-state index contributed by atoms with van der Waals surface area (Å²) in [5.41, 5.74) is -0.0115. The van der Waals surface area contributed by atoms with Crippen molar-refractivity contribution < 1.29 is 14.0 Å². The summed E-state index contributed by atoms with van der Waals surface area (Å²) in [6.07, 6.45) is 2.61. The number of unbranched alkanes of at least 4 members (excludes halogenated alkanes) is 1. The molecule has 0 aromatic heterocycles. The molecule has 0 aromatic rings. The van der Waals surface area contributed by atoms with Gasteiger partial charge in [-0.05, 0) is 30.8 Å². The minimum absolute atomic E-state index is 0.0115. The lowest BCUT2D eigenvalue weighted by Crippen LogP contribution is -2.63. The Balaban J connectivity index is 2.65. The Hall–Kier alpha value is -0.333. The monoisotopic (exact) mass is 359 g/mol. The number of carbonyl (C=O) groups excluding carboxylic acids is 2. The van der Waals surface area contributed by atoms with Gasteiger partial charge in [-0.1, -0.05) is 45.9 Å². The Morgan fingerprint density at radius 2 is 2.04 bits per heavy atom. The smallest absolute Gasteiger partial charge is 0.225 e. The third-order valence-corrected chi connectivity index (χ3v) is 6.21. The first-order valence-corrected chi connectivity index (χ1v) is 12.5. The normalized spacial score (nSPS) is 22.7. The van der Waals surface area contributed by atoms with Crippen LogP contribution in [0.5, 0.6) is 0 Å². The Labute approximate surface area is 147 Å². The van der Waals surface area contributed by atoms with Crippen molar-refractivity contribution >= 4 is 31.8 Å². The van der Waals surface area contributed by atoms with Gasteiger partial charge in [-0.25, -0.2) is 0 Å². The SMILES string of the molecule is CCCCSC(=O)C[C@H]1NC(=O)[C@H]1[C@@H](CO[SiH](C)C)C(C)(C)C. The fourth-order valence-electron chi connectivity index (χ4n) is 2.85. The second-order valence-corrected chi connectivity index (χ2v) is 11.4. The summed E-state index contributed by atoms with van der Waals surface area (Å²) < 4.78 is 5.94. The van der Waals surface area contributed by atoms with E-state index in [0.29, 0.717) is 13.0 Å². The molecule has 1 rings (SSSR count). The van der Waals surface area contributed by atoms with Gasteiger partial charge in [-0.3, -0.25) is 9.59 Å². The van der Waals surface area contributed by atoms with Gasteiger partial charge in [0.25, 0.3) is 0 Å². The zero-order valence-corrected chi connectivity index (χ0v) is 17.4. The molecule has 1 saturated heterocycles. The topological polar surface area (TPSA) is 55.4 Å². The van der Waals surface area contributed by atoms with Crippen molar-refractivity contribution in [3.05, 3.63) is 0 Å². The molecule has 1 N–H and O–H groups in total. The summed E-state index contributed by atoms with van der Waals surface area (Å²) in [4.78, 5) is 24.2. The summed E-state index contributed by atoms with van der Waals surface area (Å²) in [7, 11) is -1.12. The molecule has 0 spiro atoms. The van der Waals surface area contributed by atoms with E-state index < -0.39 is 9.04 Å². The fraction of sp³-hybridized carbons (Fsp3) is 0.882. The number of β-lactam (4-membered cyclic amide) rings is 1. The number of amides is 1. The molecular formula is C17H33NO3SSi. The largest absolute Gasteiger partial charge is 0.420 e. The van der Waals surface area contributed by atoms with Gasteiger partial charge in [0.1, 0.15) is 0 Å². The highest BCUT2D eigenvalue weighted by Crippen LogP contribution is 2.39. The van der Waals surface area contributed by atoms with Crippen LogP contribution in [0, 0.1) is 17.3 Å². The first-order chi connectivity index (χ1) is 10.7. The third-order valence-electron chi connectivity index (χ3n) is 4.37. The number of thioether (sulfide) groups is 1. The van der Waals surface area contributed by atoms with Crippen molar-refractivity contribution in [2.45, 2.75) is 66.1 Å². The highest BCUT2D eigenvalue weighted by atomic mass is 32.2. The van der Waals surface area contributed by atoms with Gasteiger partial charge in [0.15, 0.2) is 14.2 Å². The van der Waals surface area contributed by atoms with Crippen LogP contribution < -0.4 is 5.32 Å². The number of rotatable bonds is 9. The molecule has 1 aliphatic heterocycles. The number of hydrogen-bond acceptors (Lipinski definition) is 4. The van der Waals surface area contributed by atoms with E-state index in [0.717, 1.165) is 18.6 Å². The quantitative estimate of drug-likeness (QED) is 0.390. The third kappa shape index (κ3) is 6.59. The van der Waals surface area contributed by atoms with E-state index in [1.54, 1.807) is 0 Å². The summed E-state index contributed by atoms with van der Waals surface area (Å²) in [5.74, 6) is 1.02. The first kappa shape index (κ1) is 20.7. The van der Waals surface area contributed by atoms with E-state index in [9.17, 15) is 9.59 Å². The van der Waals surface area contributed by atoms with Gasteiger partial charge >= 0.3 is 0 Å². The van der Waals surface area contributed by atoms with Gasteiger partial charge in [-0.15, -0.1) is 0 Å². The first-order valence-electron chi connectivity index (χ1n) is 8.74. The number of hydrogen-bond donors (Lipinski definition) is 1. The van der Waals surface area contributed by atoms with Gasteiger partial charge < -0.3 is 9.74 Å². The average molecular weight is 360 g/mol. The molecule has 23 heavy (non-hydrogen) atoms. The molecule has 0 saturated carbocycles. The van der Waals surface area contributed by atoms with Crippen LogP contribution in [0.25, 0.3) is 0 Å². The maximum absolute atomic E-state index is 12.1. The molecule has 0 aliphatic carbocycles. The molecule has 1 fully saturated rings. The molecule has 6 heteroatoms. The van der Waals surface area contributed by atoms with Crippen LogP contribution in [0.3, 0.4) is 0 Å². The molecule has 4 nitrogen and oxygen atoms in total. The van der Waals surface area contributed by atoms with Crippen molar-refractivity contribution in [2.75, 3.05) is 12.4 Å². The second kappa shape index (κ2) is 9.23. The van der Waals surface area contributed by atoms with Crippen LogP contribution in [0.4, 0.5) is 0 Å². The number of nitrogens with one attached hydrogen (secondary N) is 1. The van der Waals surface area contributed by atoms with Crippen LogP contribution in [-0.4, -0.2) is 38.5 Å². The lowest BCUT2D eigenvalue weighted by atomic mass is 9.67. The maximum atomic E-state index is 12.1. The molecule has 1 amide bonds. The lowest BCUT2D eigenvalue weighted by Gasteiger charge is -2.46. The standard InChI is InChI=1S/C17H33NO3SSi/c1-7-8-9-22-14(19)10-13-15(16(20)18-13)12(17(2,3)4)11-21-23(5)6/h12-13,15,23H,7-11H2,1-6H3,(H,18,20)/t12-,13-,15+/m1/s1. The maximum Gasteiger partial charge on any atom is 0.225 e. The minimum atomic E-state index is -1.12. The number of carbonyl (C=O) groups is 2. The summed E-state index contributed by atoms with van der Waals surface area (Å²) in [6, 6.07) is -0.0224. The molecule has 0 unspecified atom stereocenters. The summed E-state index contributed by atoms with van der Waals surface area (Å²) in [6.45, 7) is 13.5. The summed E-state index contributed by atoms with van der Waals surface area (Å²) in [5, 5.41) is 3.13. The Bertz CT molecular complexity index is 409. The predicted octanol–water partition coefficient (Wildman–Crippen LogP) is 3.21. The molecule has 1 heterocycles. The zero-order chi connectivity index (χ0) is 17.6.